The smallest absolute Gasteiger partial charge is 0.0725 e. The molecule has 1 atom stereocenters. The first-order valence-electron chi connectivity index (χ1n) is 6.20. The molecular weight excluding hydrogens is 208 g/mol. The summed E-state index contributed by atoms with van der Waals surface area (Å²) in [6, 6.07) is 8.63. The van der Waals surface area contributed by atoms with Gasteiger partial charge in [-0.05, 0) is 48.5 Å². The Morgan fingerprint density at radius 3 is 1.88 bits per heavy atom. The molecule has 94 valence electrons. The fourth-order valence-corrected chi connectivity index (χ4v) is 1.76. The highest BCUT2D eigenvalue weighted by molar-refractivity contribution is 5.67. The Balaban J connectivity index is 3.08. The zero-order valence-corrected chi connectivity index (χ0v) is 11.8. The predicted molar refractivity (Wildman–Crippen MR) is 75.1 cm³/mol. The van der Waals surface area contributed by atoms with Crippen molar-refractivity contribution in [2.45, 2.75) is 53.1 Å². The SMILES string of the molecule is C/C(=C(/C)C(C)O)c1ccc(C(C)(C)C)cc1. The number of benzene rings is 1. The van der Waals surface area contributed by atoms with Crippen LogP contribution in [-0.4, -0.2) is 11.2 Å². The first-order chi connectivity index (χ1) is 7.73. The van der Waals surface area contributed by atoms with Crippen LogP contribution in [0.5, 0.6) is 0 Å². The number of allylic oxidation sites excluding steroid dienone is 1. The van der Waals surface area contributed by atoms with Crippen molar-refractivity contribution in [2.75, 3.05) is 0 Å². The second-order valence-corrected chi connectivity index (χ2v) is 5.81. The van der Waals surface area contributed by atoms with E-state index in [1.54, 1.807) is 0 Å². The molecule has 1 rings (SSSR count). The van der Waals surface area contributed by atoms with E-state index in [1.807, 2.05) is 13.8 Å². The highest BCUT2D eigenvalue weighted by Crippen LogP contribution is 2.25. The lowest BCUT2D eigenvalue weighted by Gasteiger charge is -2.19. The Kier molecular flexibility index (Phi) is 4.16. The molecule has 0 bridgehead atoms. The molecular formula is C16H24O. The number of aliphatic hydroxyl groups excluding tert-OH is 1. The van der Waals surface area contributed by atoms with Crippen LogP contribution in [0.15, 0.2) is 29.8 Å². The van der Waals surface area contributed by atoms with Crippen LogP contribution in [-0.2, 0) is 5.41 Å². The molecule has 0 aliphatic heterocycles. The van der Waals surface area contributed by atoms with Crippen molar-refractivity contribution >= 4 is 5.57 Å². The van der Waals surface area contributed by atoms with Crippen LogP contribution < -0.4 is 0 Å². The molecule has 0 aromatic heterocycles. The van der Waals surface area contributed by atoms with Gasteiger partial charge in [0.25, 0.3) is 0 Å². The number of aliphatic hydroxyl groups is 1. The van der Waals surface area contributed by atoms with Gasteiger partial charge in [-0.15, -0.1) is 0 Å². The minimum Gasteiger partial charge on any atom is -0.389 e. The van der Waals surface area contributed by atoms with Crippen LogP contribution in [0.25, 0.3) is 5.57 Å². The molecule has 1 heteroatoms. The summed E-state index contributed by atoms with van der Waals surface area (Å²) in [4.78, 5) is 0. The van der Waals surface area contributed by atoms with E-state index in [4.69, 9.17) is 0 Å². The number of rotatable bonds is 2. The summed E-state index contributed by atoms with van der Waals surface area (Å²) in [6.45, 7) is 12.5. The summed E-state index contributed by atoms with van der Waals surface area (Å²) in [5.41, 5.74) is 4.92. The fourth-order valence-electron chi connectivity index (χ4n) is 1.76. The third kappa shape index (κ3) is 3.44. The van der Waals surface area contributed by atoms with Gasteiger partial charge >= 0.3 is 0 Å². The third-order valence-electron chi connectivity index (χ3n) is 3.40. The lowest BCUT2D eigenvalue weighted by atomic mass is 9.86. The summed E-state index contributed by atoms with van der Waals surface area (Å²) < 4.78 is 0. The molecule has 1 N–H and O–H groups in total. The molecule has 1 unspecified atom stereocenters. The first-order valence-corrected chi connectivity index (χ1v) is 6.20. The fraction of sp³-hybridized carbons (Fsp3) is 0.500. The lowest BCUT2D eigenvalue weighted by molar-refractivity contribution is 0.232. The summed E-state index contributed by atoms with van der Waals surface area (Å²) in [7, 11) is 0. The van der Waals surface area contributed by atoms with Gasteiger partial charge in [0, 0.05) is 0 Å². The molecule has 0 aliphatic rings. The average Bonchev–Trinajstić information content (AvgIpc) is 2.26. The molecule has 0 saturated heterocycles. The van der Waals surface area contributed by atoms with E-state index in [-0.39, 0.29) is 11.5 Å². The van der Waals surface area contributed by atoms with E-state index in [9.17, 15) is 5.11 Å². The Bertz CT molecular complexity index is 402. The average molecular weight is 232 g/mol. The van der Waals surface area contributed by atoms with E-state index in [0.29, 0.717) is 0 Å². The summed E-state index contributed by atoms with van der Waals surface area (Å²) in [6.07, 6.45) is -0.378. The maximum Gasteiger partial charge on any atom is 0.0725 e. The van der Waals surface area contributed by atoms with Gasteiger partial charge in [-0.1, -0.05) is 45.0 Å². The Morgan fingerprint density at radius 1 is 1.06 bits per heavy atom. The summed E-state index contributed by atoms with van der Waals surface area (Å²) in [5, 5.41) is 9.58. The monoisotopic (exact) mass is 232 g/mol. The van der Waals surface area contributed by atoms with E-state index < -0.39 is 0 Å². The molecule has 1 aromatic carbocycles. The van der Waals surface area contributed by atoms with Crippen molar-refractivity contribution in [3.05, 3.63) is 41.0 Å². The molecule has 1 nitrogen and oxygen atoms in total. The molecule has 0 saturated carbocycles. The predicted octanol–water partition coefficient (Wildman–Crippen LogP) is 4.16. The molecule has 0 heterocycles. The van der Waals surface area contributed by atoms with E-state index in [1.165, 1.54) is 16.7 Å². The maximum absolute atomic E-state index is 9.58. The highest BCUT2D eigenvalue weighted by Gasteiger charge is 2.13. The Hall–Kier alpha value is -1.08. The minimum atomic E-state index is -0.378. The molecule has 0 radical (unpaired) electrons. The van der Waals surface area contributed by atoms with E-state index in [2.05, 4.69) is 52.0 Å². The van der Waals surface area contributed by atoms with Gasteiger partial charge < -0.3 is 5.11 Å². The van der Waals surface area contributed by atoms with Crippen molar-refractivity contribution in [3.63, 3.8) is 0 Å². The molecule has 0 spiro atoms. The quantitative estimate of drug-likeness (QED) is 0.812. The second-order valence-electron chi connectivity index (χ2n) is 5.81. The summed E-state index contributed by atoms with van der Waals surface area (Å²) in [5.74, 6) is 0. The third-order valence-corrected chi connectivity index (χ3v) is 3.40. The standard InChI is InChI=1S/C16H24O/c1-11(13(3)17)12(2)14-7-9-15(10-8-14)16(4,5)6/h7-10,13,17H,1-6H3/b12-11+. The van der Waals surface area contributed by atoms with Crippen LogP contribution in [0.1, 0.15) is 52.7 Å². The van der Waals surface area contributed by atoms with Crippen LogP contribution in [0.2, 0.25) is 0 Å². The maximum atomic E-state index is 9.58. The lowest BCUT2D eigenvalue weighted by Crippen LogP contribution is -2.10. The topological polar surface area (TPSA) is 20.2 Å². The van der Waals surface area contributed by atoms with Crippen LogP contribution in [0, 0.1) is 0 Å². The van der Waals surface area contributed by atoms with E-state index >= 15 is 0 Å². The molecule has 17 heavy (non-hydrogen) atoms. The van der Waals surface area contributed by atoms with Crippen molar-refractivity contribution in [3.8, 4) is 0 Å². The zero-order chi connectivity index (χ0) is 13.2. The van der Waals surface area contributed by atoms with Gasteiger partial charge in [-0.2, -0.15) is 0 Å². The Morgan fingerprint density at radius 2 is 1.53 bits per heavy atom. The minimum absolute atomic E-state index is 0.190. The van der Waals surface area contributed by atoms with Crippen molar-refractivity contribution in [1.29, 1.82) is 0 Å². The first kappa shape index (κ1) is 14.0. The zero-order valence-electron chi connectivity index (χ0n) is 11.8. The molecule has 0 fully saturated rings. The Labute approximate surface area is 105 Å². The van der Waals surface area contributed by atoms with Gasteiger partial charge in [-0.25, -0.2) is 0 Å². The van der Waals surface area contributed by atoms with Crippen LogP contribution >= 0.6 is 0 Å². The normalized spacial score (nSPS) is 15.5. The molecule has 0 aliphatic carbocycles. The summed E-state index contributed by atoms with van der Waals surface area (Å²) >= 11 is 0. The second kappa shape index (κ2) is 5.05. The van der Waals surface area contributed by atoms with Crippen molar-refractivity contribution in [1.82, 2.24) is 0 Å². The van der Waals surface area contributed by atoms with Crippen LogP contribution in [0.4, 0.5) is 0 Å². The van der Waals surface area contributed by atoms with Gasteiger partial charge in [-0.3, -0.25) is 0 Å². The molecule has 0 amide bonds. The largest absolute Gasteiger partial charge is 0.389 e. The van der Waals surface area contributed by atoms with Gasteiger partial charge in [0.05, 0.1) is 6.10 Å². The molecule has 1 aromatic rings. The van der Waals surface area contributed by atoms with Crippen molar-refractivity contribution in [2.24, 2.45) is 0 Å². The van der Waals surface area contributed by atoms with Crippen LogP contribution in [0.3, 0.4) is 0 Å². The van der Waals surface area contributed by atoms with E-state index in [0.717, 1.165) is 5.57 Å². The van der Waals surface area contributed by atoms with Crippen molar-refractivity contribution < 1.29 is 5.11 Å². The van der Waals surface area contributed by atoms with Gasteiger partial charge in [0.2, 0.25) is 0 Å². The number of hydrogen-bond acceptors (Lipinski definition) is 1. The van der Waals surface area contributed by atoms with Gasteiger partial charge in [0.15, 0.2) is 0 Å². The highest BCUT2D eigenvalue weighted by atomic mass is 16.3. The van der Waals surface area contributed by atoms with Gasteiger partial charge in [0.1, 0.15) is 0 Å². The number of hydrogen-bond donors (Lipinski definition) is 1.